The third kappa shape index (κ3) is 1.77. The second kappa shape index (κ2) is 3.14. The van der Waals surface area contributed by atoms with Crippen LogP contribution in [0.25, 0.3) is 0 Å². The summed E-state index contributed by atoms with van der Waals surface area (Å²) in [4.78, 5) is 4.02. The molecule has 1 aromatic rings. The summed E-state index contributed by atoms with van der Waals surface area (Å²) in [5.41, 5.74) is 2.43. The van der Waals surface area contributed by atoms with Crippen molar-refractivity contribution in [1.82, 2.24) is 4.98 Å². The van der Waals surface area contributed by atoms with Crippen LogP contribution in [0.15, 0.2) is 23.5 Å². The first-order valence-electron chi connectivity index (χ1n) is 3.35. The van der Waals surface area contributed by atoms with Gasteiger partial charge < -0.3 is 5.21 Å². The summed E-state index contributed by atoms with van der Waals surface area (Å²) in [7, 11) is 0. The minimum Gasteiger partial charge on any atom is -0.411 e. The number of hydrogen-bond donors (Lipinski definition) is 1. The van der Waals surface area contributed by atoms with E-state index in [1.807, 2.05) is 19.1 Å². The standard InChI is InChI=1S/C8H10N2O/c1-6-5-8(3-4-9-6)7(2)10-11/h3-5,11H,1-2H3. The molecule has 0 bridgehead atoms. The van der Waals surface area contributed by atoms with Gasteiger partial charge >= 0.3 is 0 Å². The number of nitrogens with zero attached hydrogens (tertiary/aromatic N) is 2. The van der Waals surface area contributed by atoms with Crippen molar-refractivity contribution in [2.45, 2.75) is 13.8 Å². The lowest BCUT2D eigenvalue weighted by molar-refractivity contribution is 0.319. The largest absolute Gasteiger partial charge is 0.411 e. The monoisotopic (exact) mass is 150 g/mol. The molecular weight excluding hydrogens is 140 g/mol. The van der Waals surface area contributed by atoms with Gasteiger partial charge in [0.25, 0.3) is 0 Å². The van der Waals surface area contributed by atoms with Crippen LogP contribution in [0.2, 0.25) is 0 Å². The number of pyridine rings is 1. The van der Waals surface area contributed by atoms with Gasteiger partial charge in [0.05, 0.1) is 5.71 Å². The van der Waals surface area contributed by atoms with Gasteiger partial charge in [-0.05, 0) is 26.0 Å². The summed E-state index contributed by atoms with van der Waals surface area (Å²) in [5.74, 6) is 0. The van der Waals surface area contributed by atoms with Gasteiger partial charge in [0.15, 0.2) is 0 Å². The topological polar surface area (TPSA) is 45.5 Å². The lowest BCUT2D eigenvalue weighted by Gasteiger charge is -1.97. The normalized spacial score (nSPS) is 11.6. The van der Waals surface area contributed by atoms with E-state index < -0.39 is 0 Å². The Labute approximate surface area is 65.4 Å². The summed E-state index contributed by atoms with van der Waals surface area (Å²) < 4.78 is 0. The molecule has 58 valence electrons. The summed E-state index contributed by atoms with van der Waals surface area (Å²) in [5, 5.41) is 11.5. The van der Waals surface area contributed by atoms with Crippen molar-refractivity contribution in [1.29, 1.82) is 0 Å². The van der Waals surface area contributed by atoms with Crippen LogP contribution in [-0.4, -0.2) is 15.9 Å². The zero-order valence-electron chi connectivity index (χ0n) is 6.57. The van der Waals surface area contributed by atoms with Crippen LogP contribution in [0.3, 0.4) is 0 Å². The molecule has 11 heavy (non-hydrogen) atoms. The van der Waals surface area contributed by atoms with E-state index in [-0.39, 0.29) is 0 Å². The molecule has 3 nitrogen and oxygen atoms in total. The quantitative estimate of drug-likeness (QED) is 0.375. The van der Waals surface area contributed by atoms with Gasteiger partial charge in [-0.3, -0.25) is 4.98 Å². The Bertz CT molecular complexity index is 281. The molecule has 0 fully saturated rings. The average Bonchev–Trinajstić information content (AvgIpc) is 2.03. The van der Waals surface area contributed by atoms with Crippen molar-refractivity contribution < 1.29 is 5.21 Å². The van der Waals surface area contributed by atoms with E-state index in [9.17, 15) is 0 Å². The van der Waals surface area contributed by atoms with E-state index in [0.29, 0.717) is 5.71 Å². The Morgan fingerprint density at radius 2 is 2.36 bits per heavy atom. The molecule has 0 amide bonds. The van der Waals surface area contributed by atoms with Crippen molar-refractivity contribution >= 4 is 5.71 Å². The molecule has 1 rings (SSSR count). The highest BCUT2D eigenvalue weighted by atomic mass is 16.4. The maximum atomic E-state index is 8.45. The fourth-order valence-electron chi connectivity index (χ4n) is 0.828. The molecule has 1 heterocycles. The molecule has 0 aliphatic heterocycles. The Morgan fingerprint density at radius 1 is 1.64 bits per heavy atom. The highest BCUT2D eigenvalue weighted by Gasteiger charge is 1.96. The zero-order chi connectivity index (χ0) is 8.27. The molecule has 0 unspecified atom stereocenters. The van der Waals surface area contributed by atoms with Crippen LogP contribution >= 0.6 is 0 Å². The Morgan fingerprint density at radius 3 is 2.91 bits per heavy atom. The van der Waals surface area contributed by atoms with Gasteiger partial charge in [-0.25, -0.2) is 0 Å². The van der Waals surface area contributed by atoms with Crippen LogP contribution in [0, 0.1) is 6.92 Å². The van der Waals surface area contributed by atoms with Gasteiger partial charge in [0, 0.05) is 17.5 Å². The van der Waals surface area contributed by atoms with Crippen molar-refractivity contribution in [3.05, 3.63) is 29.6 Å². The predicted octanol–water partition coefficient (Wildman–Crippen LogP) is 1.59. The van der Waals surface area contributed by atoms with E-state index in [2.05, 4.69) is 10.1 Å². The summed E-state index contributed by atoms with van der Waals surface area (Å²) >= 11 is 0. The van der Waals surface area contributed by atoms with Crippen LogP contribution in [-0.2, 0) is 0 Å². The molecule has 0 aromatic carbocycles. The van der Waals surface area contributed by atoms with Crippen molar-refractivity contribution in [2.24, 2.45) is 5.16 Å². The molecule has 0 aliphatic rings. The number of aryl methyl sites for hydroxylation is 1. The Hall–Kier alpha value is -1.38. The molecule has 1 N–H and O–H groups in total. The molecule has 3 heteroatoms. The fraction of sp³-hybridized carbons (Fsp3) is 0.250. The minimum atomic E-state index is 0.607. The predicted molar refractivity (Wildman–Crippen MR) is 43.0 cm³/mol. The number of oxime groups is 1. The molecule has 0 aliphatic carbocycles. The maximum Gasteiger partial charge on any atom is 0.0838 e. The highest BCUT2D eigenvalue weighted by Crippen LogP contribution is 2.01. The first kappa shape index (κ1) is 7.72. The minimum absolute atomic E-state index is 0.607. The van der Waals surface area contributed by atoms with E-state index in [1.54, 1.807) is 13.1 Å². The Kier molecular flexibility index (Phi) is 2.21. The number of hydrogen-bond acceptors (Lipinski definition) is 3. The van der Waals surface area contributed by atoms with Crippen molar-refractivity contribution in [2.75, 3.05) is 0 Å². The molecule has 1 aromatic heterocycles. The smallest absolute Gasteiger partial charge is 0.0838 e. The maximum absolute atomic E-state index is 8.45. The SMILES string of the molecule is CC(=NO)c1ccnc(C)c1. The second-order valence-electron chi connectivity index (χ2n) is 2.37. The number of aromatic nitrogens is 1. The molecule has 0 saturated carbocycles. The third-order valence-corrected chi connectivity index (χ3v) is 1.46. The Balaban J connectivity index is 3.06. The van der Waals surface area contributed by atoms with Crippen LogP contribution in [0.1, 0.15) is 18.2 Å². The molecule has 0 atom stereocenters. The summed E-state index contributed by atoms with van der Waals surface area (Å²) in [6.45, 7) is 3.64. The lowest BCUT2D eigenvalue weighted by atomic mass is 10.1. The van der Waals surface area contributed by atoms with Crippen LogP contribution in [0.4, 0.5) is 0 Å². The van der Waals surface area contributed by atoms with E-state index >= 15 is 0 Å². The van der Waals surface area contributed by atoms with E-state index in [4.69, 9.17) is 5.21 Å². The molecule has 0 radical (unpaired) electrons. The van der Waals surface area contributed by atoms with Crippen LogP contribution in [0.5, 0.6) is 0 Å². The first-order valence-corrected chi connectivity index (χ1v) is 3.35. The van der Waals surface area contributed by atoms with Gasteiger partial charge in [-0.2, -0.15) is 0 Å². The zero-order valence-corrected chi connectivity index (χ0v) is 6.57. The van der Waals surface area contributed by atoms with Crippen molar-refractivity contribution in [3.8, 4) is 0 Å². The van der Waals surface area contributed by atoms with Gasteiger partial charge in [-0.1, -0.05) is 5.16 Å². The molecular formula is C8H10N2O. The molecule has 0 saturated heterocycles. The van der Waals surface area contributed by atoms with E-state index in [1.165, 1.54) is 0 Å². The van der Waals surface area contributed by atoms with Gasteiger partial charge in [-0.15, -0.1) is 0 Å². The second-order valence-corrected chi connectivity index (χ2v) is 2.37. The first-order chi connectivity index (χ1) is 5.24. The van der Waals surface area contributed by atoms with Crippen LogP contribution < -0.4 is 0 Å². The third-order valence-electron chi connectivity index (χ3n) is 1.46. The highest BCUT2D eigenvalue weighted by molar-refractivity contribution is 5.98. The van der Waals surface area contributed by atoms with Crippen molar-refractivity contribution in [3.63, 3.8) is 0 Å². The van der Waals surface area contributed by atoms with E-state index in [0.717, 1.165) is 11.3 Å². The summed E-state index contributed by atoms with van der Waals surface area (Å²) in [6.07, 6.45) is 1.69. The molecule has 0 spiro atoms. The average molecular weight is 150 g/mol. The number of rotatable bonds is 1. The summed E-state index contributed by atoms with van der Waals surface area (Å²) in [6, 6.07) is 3.68. The van der Waals surface area contributed by atoms with Gasteiger partial charge in [0.2, 0.25) is 0 Å². The fourth-order valence-corrected chi connectivity index (χ4v) is 0.828. The lowest BCUT2D eigenvalue weighted by Crippen LogP contribution is -1.95. The van der Waals surface area contributed by atoms with Gasteiger partial charge in [0.1, 0.15) is 0 Å².